The quantitative estimate of drug-likeness (QED) is 0.403. The van der Waals surface area contributed by atoms with E-state index in [0.717, 1.165) is 0 Å². The van der Waals surface area contributed by atoms with E-state index in [1.807, 2.05) is 0 Å². The Morgan fingerprint density at radius 2 is 2.00 bits per heavy atom. The Balaban J connectivity index is 1.92. The van der Waals surface area contributed by atoms with Crippen LogP contribution in [-0.4, -0.2) is 36.3 Å². The highest BCUT2D eigenvalue weighted by molar-refractivity contribution is 9.10. The summed E-state index contributed by atoms with van der Waals surface area (Å²) in [5, 5.41) is 16.4. The van der Waals surface area contributed by atoms with Gasteiger partial charge in [0.25, 0.3) is 11.8 Å². The van der Waals surface area contributed by atoms with Gasteiger partial charge in [0.15, 0.2) is 11.5 Å². The average Bonchev–Trinajstić information content (AvgIpc) is 2.64. The van der Waals surface area contributed by atoms with Gasteiger partial charge in [-0.3, -0.25) is 9.59 Å². The van der Waals surface area contributed by atoms with Crippen molar-refractivity contribution in [2.24, 2.45) is 5.10 Å². The van der Waals surface area contributed by atoms with Crippen molar-refractivity contribution in [1.82, 2.24) is 10.7 Å². The molecule has 3 N–H and O–H groups in total. The molecule has 0 fully saturated rings. The maximum Gasteiger partial charge on any atom is 0.259 e. The normalized spacial score (nSPS) is 10.6. The monoisotopic (exact) mass is 497 g/mol. The van der Waals surface area contributed by atoms with Crippen LogP contribution < -0.4 is 15.5 Å². The van der Waals surface area contributed by atoms with Crippen molar-refractivity contribution in [3.63, 3.8) is 0 Å². The molecule has 27 heavy (non-hydrogen) atoms. The number of aromatic hydroxyl groups is 1. The summed E-state index contributed by atoms with van der Waals surface area (Å²) in [5.41, 5.74) is 3.08. The first kappa shape index (κ1) is 20.9. The van der Waals surface area contributed by atoms with Crippen molar-refractivity contribution in [1.29, 1.82) is 0 Å². The van der Waals surface area contributed by atoms with E-state index in [2.05, 4.69) is 47.7 Å². The average molecular weight is 499 g/mol. The molecular weight excluding hydrogens is 482 g/mol. The molecule has 0 spiro atoms. The van der Waals surface area contributed by atoms with Gasteiger partial charge >= 0.3 is 0 Å². The number of hydrogen-bond donors (Lipinski definition) is 3. The molecule has 2 aromatic carbocycles. The van der Waals surface area contributed by atoms with E-state index in [1.54, 1.807) is 43.3 Å². The van der Waals surface area contributed by atoms with Crippen LogP contribution in [-0.2, 0) is 4.79 Å². The minimum absolute atomic E-state index is 0.0831. The van der Waals surface area contributed by atoms with Crippen molar-refractivity contribution in [3.05, 3.63) is 56.5 Å². The van der Waals surface area contributed by atoms with Crippen molar-refractivity contribution in [2.75, 3.05) is 13.2 Å². The number of phenols is 1. The molecule has 0 aliphatic rings. The molecule has 0 saturated carbocycles. The molecule has 7 nitrogen and oxygen atoms in total. The van der Waals surface area contributed by atoms with Gasteiger partial charge in [-0.25, -0.2) is 5.43 Å². The molecule has 142 valence electrons. The van der Waals surface area contributed by atoms with Crippen LogP contribution in [0.2, 0.25) is 0 Å². The van der Waals surface area contributed by atoms with Gasteiger partial charge in [-0.15, -0.1) is 0 Å². The van der Waals surface area contributed by atoms with Gasteiger partial charge < -0.3 is 15.2 Å². The van der Waals surface area contributed by atoms with E-state index in [9.17, 15) is 14.7 Å². The van der Waals surface area contributed by atoms with Crippen molar-refractivity contribution < 1.29 is 19.4 Å². The molecule has 0 saturated heterocycles. The number of hydrazone groups is 1. The highest BCUT2D eigenvalue weighted by atomic mass is 79.9. The third-order valence-electron chi connectivity index (χ3n) is 3.29. The minimum atomic E-state index is -0.508. The Morgan fingerprint density at radius 1 is 1.26 bits per heavy atom. The summed E-state index contributed by atoms with van der Waals surface area (Å²) in [5.74, 6) is -0.667. The van der Waals surface area contributed by atoms with Gasteiger partial charge in [-0.1, -0.05) is 28.1 Å². The van der Waals surface area contributed by atoms with E-state index in [0.29, 0.717) is 32.4 Å². The molecule has 0 radical (unpaired) electrons. The van der Waals surface area contributed by atoms with Gasteiger partial charge in [-0.05, 0) is 47.1 Å². The van der Waals surface area contributed by atoms with Gasteiger partial charge in [0, 0.05) is 14.5 Å². The zero-order valence-electron chi connectivity index (χ0n) is 14.3. The number of carbonyl (C=O) groups excluding carboxylic acids is 2. The van der Waals surface area contributed by atoms with Gasteiger partial charge in [0.05, 0.1) is 24.9 Å². The van der Waals surface area contributed by atoms with E-state index in [-0.39, 0.29) is 18.2 Å². The summed E-state index contributed by atoms with van der Waals surface area (Å²) in [4.78, 5) is 23.9. The Kier molecular flexibility index (Phi) is 7.81. The van der Waals surface area contributed by atoms with Crippen LogP contribution in [0.3, 0.4) is 0 Å². The topological polar surface area (TPSA) is 100 Å². The first-order valence-electron chi connectivity index (χ1n) is 7.92. The maximum atomic E-state index is 12.0. The molecule has 2 aromatic rings. The molecule has 0 bridgehead atoms. The summed E-state index contributed by atoms with van der Waals surface area (Å²) in [6, 6.07) is 10.2. The number of rotatable bonds is 7. The van der Waals surface area contributed by atoms with Crippen molar-refractivity contribution in [2.45, 2.75) is 6.92 Å². The molecule has 2 rings (SSSR count). The summed E-state index contributed by atoms with van der Waals surface area (Å²) >= 11 is 6.59. The molecule has 0 atom stereocenters. The van der Waals surface area contributed by atoms with E-state index in [1.165, 1.54) is 6.21 Å². The van der Waals surface area contributed by atoms with Crippen molar-refractivity contribution in [3.8, 4) is 11.5 Å². The molecule has 0 unspecified atom stereocenters. The van der Waals surface area contributed by atoms with Gasteiger partial charge in [-0.2, -0.15) is 5.10 Å². The second-order valence-electron chi connectivity index (χ2n) is 5.23. The Morgan fingerprint density at radius 3 is 2.70 bits per heavy atom. The van der Waals surface area contributed by atoms with Crippen LogP contribution in [0.1, 0.15) is 22.8 Å². The fourth-order valence-corrected chi connectivity index (χ4v) is 2.99. The fourth-order valence-electron chi connectivity index (χ4n) is 2.07. The second kappa shape index (κ2) is 10.1. The molecule has 0 aromatic heterocycles. The molecule has 2 amide bonds. The number of hydrogen-bond acceptors (Lipinski definition) is 5. The second-order valence-corrected chi connectivity index (χ2v) is 7.00. The van der Waals surface area contributed by atoms with Crippen LogP contribution in [0.4, 0.5) is 0 Å². The maximum absolute atomic E-state index is 12.0. The summed E-state index contributed by atoms with van der Waals surface area (Å²) in [7, 11) is 0. The van der Waals surface area contributed by atoms with Gasteiger partial charge in [0.2, 0.25) is 0 Å². The predicted octanol–water partition coefficient (Wildman–Crippen LogP) is 3.20. The number of nitrogens with one attached hydrogen (secondary N) is 2. The highest BCUT2D eigenvalue weighted by Crippen LogP contribution is 2.32. The Hall–Kier alpha value is -2.39. The fraction of sp³-hybridized carbons (Fsp3) is 0.167. The number of carbonyl (C=O) groups is 2. The van der Waals surface area contributed by atoms with Crippen molar-refractivity contribution >= 4 is 49.9 Å². The third-order valence-corrected chi connectivity index (χ3v) is 4.44. The van der Waals surface area contributed by atoms with Crippen LogP contribution in [0.15, 0.2) is 50.4 Å². The molecular formula is C18H17Br2N3O4. The largest absolute Gasteiger partial charge is 0.504 e. The zero-order chi connectivity index (χ0) is 19.8. The smallest absolute Gasteiger partial charge is 0.259 e. The summed E-state index contributed by atoms with van der Waals surface area (Å²) in [6.45, 7) is 1.96. The van der Waals surface area contributed by atoms with Crippen LogP contribution in [0, 0.1) is 0 Å². The summed E-state index contributed by atoms with van der Waals surface area (Å²) < 4.78 is 6.65. The number of phenolic OH excluding ortho intramolecular Hbond substituents is 1. The number of halogens is 2. The summed E-state index contributed by atoms with van der Waals surface area (Å²) in [6.07, 6.45) is 1.29. The lowest BCUT2D eigenvalue weighted by Crippen LogP contribution is -2.35. The Bertz CT molecular complexity index is 872. The molecule has 9 heteroatoms. The van der Waals surface area contributed by atoms with Gasteiger partial charge in [0.1, 0.15) is 0 Å². The lowest BCUT2D eigenvalue weighted by atomic mass is 10.2. The number of nitrogens with zero attached hydrogens (tertiary/aromatic N) is 1. The van der Waals surface area contributed by atoms with E-state index in [4.69, 9.17) is 4.74 Å². The molecule has 0 aliphatic carbocycles. The lowest BCUT2D eigenvalue weighted by molar-refractivity contribution is -0.120. The standard InChI is InChI=1S/C18H17Br2N3O4/c1-2-27-15-8-12(19)7-11(17(15)25)9-22-23-16(24)10-21-18(26)13-5-3-4-6-14(13)20/h3-9,25H,2,10H2,1H3,(H,21,26)(H,23,24)/b22-9+. The molecule has 0 aliphatic heterocycles. The number of ether oxygens (including phenoxy) is 1. The zero-order valence-corrected chi connectivity index (χ0v) is 17.5. The highest BCUT2D eigenvalue weighted by Gasteiger charge is 2.11. The first-order chi connectivity index (χ1) is 12.9. The number of benzene rings is 2. The third kappa shape index (κ3) is 6.07. The Labute approximate surface area is 173 Å². The first-order valence-corrected chi connectivity index (χ1v) is 9.51. The number of amides is 2. The predicted molar refractivity (Wildman–Crippen MR) is 109 cm³/mol. The minimum Gasteiger partial charge on any atom is -0.504 e. The van der Waals surface area contributed by atoms with E-state index < -0.39 is 5.91 Å². The SMILES string of the molecule is CCOc1cc(Br)cc(/C=N/NC(=O)CNC(=O)c2ccccc2Br)c1O. The lowest BCUT2D eigenvalue weighted by Gasteiger charge is -2.09. The van der Waals surface area contributed by atoms with Crippen LogP contribution in [0.25, 0.3) is 0 Å². The molecule has 0 heterocycles. The van der Waals surface area contributed by atoms with Crippen LogP contribution in [0.5, 0.6) is 11.5 Å². The van der Waals surface area contributed by atoms with E-state index >= 15 is 0 Å². The van der Waals surface area contributed by atoms with Crippen LogP contribution >= 0.6 is 31.9 Å².